The number of halogens is 3. The molecule has 1 aromatic heterocycles. The Labute approximate surface area is 113 Å². The first-order valence-corrected chi connectivity index (χ1v) is 5.68. The van der Waals surface area contributed by atoms with Gasteiger partial charge in [0.25, 0.3) is 0 Å². The van der Waals surface area contributed by atoms with Gasteiger partial charge in [-0.2, -0.15) is 0 Å². The zero-order valence-electron chi connectivity index (χ0n) is 10.4. The van der Waals surface area contributed by atoms with Crippen LogP contribution in [0.2, 0.25) is 0 Å². The third-order valence-corrected chi connectivity index (χ3v) is 2.60. The first-order chi connectivity index (χ1) is 9.37. The molecule has 0 spiro atoms. The molecule has 0 aliphatic rings. The van der Waals surface area contributed by atoms with Crippen molar-refractivity contribution in [3.63, 3.8) is 0 Å². The second-order valence-electron chi connectivity index (χ2n) is 4.10. The summed E-state index contributed by atoms with van der Waals surface area (Å²) in [6.45, 7) is 1.55. The predicted octanol–water partition coefficient (Wildman–Crippen LogP) is 3.52. The minimum absolute atomic E-state index is 0.297. The molecule has 0 atom stereocenters. The third kappa shape index (κ3) is 3.34. The lowest BCUT2D eigenvalue weighted by Crippen LogP contribution is -2.17. The summed E-state index contributed by atoms with van der Waals surface area (Å²) in [6.07, 6.45) is -1.81. The van der Waals surface area contributed by atoms with Crippen LogP contribution in [0.25, 0.3) is 0 Å². The number of rotatable bonds is 3. The lowest BCUT2D eigenvalue weighted by Gasteiger charge is -2.11. The molecular weight excluding hydrogens is 271 g/mol. The molecule has 2 aromatic rings. The second-order valence-corrected chi connectivity index (χ2v) is 4.10. The number of ketones is 1. The molecule has 0 amide bonds. The Kier molecular flexibility index (Phi) is 3.74. The molecule has 104 valence electrons. The van der Waals surface area contributed by atoms with Crippen LogP contribution >= 0.6 is 0 Å². The van der Waals surface area contributed by atoms with E-state index >= 15 is 0 Å². The van der Waals surface area contributed by atoms with Crippen molar-refractivity contribution in [2.45, 2.75) is 13.3 Å². The summed E-state index contributed by atoms with van der Waals surface area (Å²) in [7, 11) is 0. The highest BCUT2D eigenvalue weighted by Crippen LogP contribution is 2.25. The zero-order valence-corrected chi connectivity index (χ0v) is 10.4. The molecule has 1 heterocycles. The standard InChI is InChI=1S/C14H10F3NO2/c1-9-7-11(20-14(15,16)17)4-5-12(9)13(19)10-3-2-6-18-8-10/h2-8H,1H3. The average Bonchev–Trinajstić information content (AvgIpc) is 2.37. The average molecular weight is 281 g/mol. The van der Waals surface area contributed by atoms with Crippen molar-refractivity contribution < 1.29 is 22.7 Å². The normalized spacial score (nSPS) is 11.2. The van der Waals surface area contributed by atoms with Crippen LogP contribution in [-0.2, 0) is 0 Å². The van der Waals surface area contributed by atoms with E-state index in [1.54, 1.807) is 19.1 Å². The monoisotopic (exact) mass is 281 g/mol. The molecule has 1 aromatic carbocycles. The molecule has 2 rings (SSSR count). The number of carbonyl (C=O) groups excluding carboxylic acids is 1. The summed E-state index contributed by atoms with van der Waals surface area (Å²) in [5, 5.41) is 0. The second kappa shape index (κ2) is 5.32. The summed E-state index contributed by atoms with van der Waals surface area (Å²) in [5.41, 5.74) is 1.09. The van der Waals surface area contributed by atoms with Gasteiger partial charge in [0.05, 0.1) is 0 Å². The Morgan fingerprint density at radius 2 is 2.00 bits per heavy atom. The van der Waals surface area contributed by atoms with Crippen LogP contribution in [0.4, 0.5) is 13.2 Å². The van der Waals surface area contributed by atoms with E-state index in [9.17, 15) is 18.0 Å². The highest BCUT2D eigenvalue weighted by Gasteiger charge is 2.31. The Morgan fingerprint density at radius 3 is 2.55 bits per heavy atom. The molecule has 0 aliphatic heterocycles. The summed E-state index contributed by atoms with van der Waals surface area (Å²) in [4.78, 5) is 16.0. The molecule has 0 fully saturated rings. The van der Waals surface area contributed by atoms with Crippen molar-refractivity contribution in [1.29, 1.82) is 0 Å². The van der Waals surface area contributed by atoms with Crippen molar-refractivity contribution in [2.75, 3.05) is 0 Å². The number of aromatic nitrogens is 1. The van der Waals surface area contributed by atoms with Gasteiger partial charge in [-0.1, -0.05) is 0 Å². The highest BCUT2D eigenvalue weighted by molar-refractivity contribution is 6.09. The fraction of sp³-hybridized carbons (Fsp3) is 0.143. The predicted molar refractivity (Wildman–Crippen MR) is 65.5 cm³/mol. The van der Waals surface area contributed by atoms with Crippen molar-refractivity contribution in [1.82, 2.24) is 4.98 Å². The number of benzene rings is 1. The van der Waals surface area contributed by atoms with E-state index in [4.69, 9.17) is 0 Å². The molecule has 0 unspecified atom stereocenters. The van der Waals surface area contributed by atoms with Crippen molar-refractivity contribution >= 4 is 5.78 Å². The maximum Gasteiger partial charge on any atom is 0.573 e. The van der Waals surface area contributed by atoms with E-state index in [2.05, 4.69) is 9.72 Å². The largest absolute Gasteiger partial charge is 0.573 e. The molecule has 0 aliphatic carbocycles. The smallest absolute Gasteiger partial charge is 0.406 e. The third-order valence-electron chi connectivity index (χ3n) is 2.60. The Balaban J connectivity index is 2.29. The van der Waals surface area contributed by atoms with E-state index in [0.29, 0.717) is 16.7 Å². The number of ether oxygens (including phenoxy) is 1. The van der Waals surface area contributed by atoms with E-state index < -0.39 is 6.36 Å². The van der Waals surface area contributed by atoms with E-state index in [-0.39, 0.29) is 11.5 Å². The van der Waals surface area contributed by atoms with Gasteiger partial charge in [-0.15, -0.1) is 13.2 Å². The van der Waals surface area contributed by atoms with Crippen LogP contribution in [-0.4, -0.2) is 17.1 Å². The lowest BCUT2D eigenvalue weighted by molar-refractivity contribution is -0.274. The summed E-state index contributed by atoms with van der Waals surface area (Å²) >= 11 is 0. The molecule has 20 heavy (non-hydrogen) atoms. The number of nitrogens with zero attached hydrogens (tertiary/aromatic N) is 1. The van der Waals surface area contributed by atoms with Gasteiger partial charge >= 0.3 is 6.36 Å². The number of carbonyl (C=O) groups is 1. The van der Waals surface area contributed by atoms with Gasteiger partial charge in [0.1, 0.15) is 5.75 Å². The van der Waals surface area contributed by atoms with Crippen molar-refractivity contribution in [3.05, 3.63) is 59.4 Å². The number of hydrogen-bond donors (Lipinski definition) is 0. The molecule has 3 nitrogen and oxygen atoms in total. The first kappa shape index (κ1) is 14.0. The van der Waals surface area contributed by atoms with Gasteiger partial charge in [-0.25, -0.2) is 0 Å². The molecule has 6 heteroatoms. The van der Waals surface area contributed by atoms with Crippen LogP contribution in [0.1, 0.15) is 21.5 Å². The van der Waals surface area contributed by atoms with Crippen LogP contribution in [0, 0.1) is 6.92 Å². The van der Waals surface area contributed by atoms with Gasteiger partial charge in [-0.05, 0) is 42.8 Å². The first-order valence-electron chi connectivity index (χ1n) is 5.68. The molecule has 0 N–H and O–H groups in total. The summed E-state index contributed by atoms with van der Waals surface area (Å²) in [6, 6.07) is 6.81. The van der Waals surface area contributed by atoms with Crippen LogP contribution in [0.3, 0.4) is 0 Å². The van der Waals surface area contributed by atoms with Crippen molar-refractivity contribution in [2.24, 2.45) is 0 Å². The minimum atomic E-state index is -4.75. The maximum absolute atomic E-state index is 12.2. The quantitative estimate of drug-likeness (QED) is 0.808. The van der Waals surface area contributed by atoms with Gasteiger partial charge in [-0.3, -0.25) is 9.78 Å². The Hall–Kier alpha value is -2.37. The number of hydrogen-bond acceptors (Lipinski definition) is 3. The Bertz CT molecular complexity index is 624. The SMILES string of the molecule is Cc1cc(OC(F)(F)F)ccc1C(=O)c1cccnc1. The van der Waals surface area contributed by atoms with Gasteiger partial charge < -0.3 is 4.74 Å². The number of aryl methyl sites for hydroxylation is 1. The van der Waals surface area contributed by atoms with Crippen LogP contribution in [0.5, 0.6) is 5.75 Å². The summed E-state index contributed by atoms with van der Waals surface area (Å²) < 4.78 is 40.1. The molecular formula is C14H10F3NO2. The lowest BCUT2D eigenvalue weighted by atomic mass is 10.00. The van der Waals surface area contributed by atoms with Crippen molar-refractivity contribution in [3.8, 4) is 5.75 Å². The molecule has 0 radical (unpaired) electrons. The van der Waals surface area contributed by atoms with Gasteiger partial charge in [0.2, 0.25) is 0 Å². The topological polar surface area (TPSA) is 39.2 Å². The van der Waals surface area contributed by atoms with Gasteiger partial charge in [0.15, 0.2) is 5.78 Å². The van der Waals surface area contributed by atoms with E-state index in [1.165, 1.54) is 24.5 Å². The fourth-order valence-electron chi connectivity index (χ4n) is 1.74. The van der Waals surface area contributed by atoms with Crippen LogP contribution in [0.15, 0.2) is 42.7 Å². The maximum atomic E-state index is 12.2. The van der Waals surface area contributed by atoms with Crippen LogP contribution < -0.4 is 4.74 Å². The van der Waals surface area contributed by atoms with E-state index in [1.807, 2.05) is 0 Å². The Morgan fingerprint density at radius 1 is 1.25 bits per heavy atom. The van der Waals surface area contributed by atoms with E-state index in [0.717, 1.165) is 6.07 Å². The van der Waals surface area contributed by atoms with Gasteiger partial charge in [0, 0.05) is 23.5 Å². The molecule has 0 saturated heterocycles. The number of pyridine rings is 1. The summed E-state index contributed by atoms with van der Waals surface area (Å²) in [5.74, 6) is -0.646. The minimum Gasteiger partial charge on any atom is -0.406 e. The fourth-order valence-corrected chi connectivity index (χ4v) is 1.74. The number of alkyl halides is 3. The molecule has 0 bridgehead atoms. The highest BCUT2D eigenvalue weighted by atomic mass is 19.4. The zero-order chi connectivity index (χ0) is 14.8. The molecule has 0 saturated carbocycles.